The third-order valence-corrected chi connectivity index (χ3v) is 4.52. The highest BCUT2D eigenvalue weighted by molar-refractivity contribution is 5.53. The zero-order valence-electron chi connectivity index (χ0n) is 18.3. The number of nitrogens with one attached hydrogen (secondary N) is 2. The second-order valence-electron chi connectivity index (χ2n) is 6.87. The number of hydrogen-bond acceptors (Lipinski definition) is 5. The van der Waals surface area contributed by atoms with Gasteiger partial charge in [0.25, 0.3) is 0 Å². The van der Waals surface area contributed by atoms with Gasteiger partial charge in [0, 0.05) is 20.5 Å². The van der Waals surface area contributed by atoms with E-state index in [0.29, 0.717) is 5.82 Å². The lowest BCUT2D eigenvalue weighted by Gasteiger charge is -2.23. The van der Waals surface area contributed by atoms with E-state index in [1.54, 1.807) is 13.2 Å². The van der Waals surface area contributed by atoms with E-state index in [0.717, 1.165) is 55.3 Å². The maximum Gasteiger partial charge on any atom is 0.196 e. The minimum absolute atomic E-state index is 0.619. The van der Waals surface area contributed by atoms with Gasteiger partial charge in [0.15, 0.2) is 5.82 Å². The van der Waals surface area contributed by atoms with E-state index < -0.39 is 0 Å². The third kappa shape index (κ3) is 6.95. The fourth-order valence-electron chi connectivity index (χ4n) is 2.81. The molecule has 2 N–H and O–H groups in total. The number of aromatic nitrogens is 3. The van der Waals surface area contributed by atoms with E-state index in [2.05, 4.69) is 64.9 Å². The standard InChI is InChI=1S/C12H14N4.C12H19NO/c1-9(13-2)12-14-11(15-16-12)8-10-6-4-3-5-7-10;1-4-10-14-12-9-7-6-8-11(12)13(3)5-2/h3-7,13H,1,8H2,2H3,(H,14,15,16);5,8-9H,2,4,6-7,10H2,1,3H3. The van der Waals surface area contributed by atoms with Crippen LogP contribution in [0.3, 0.4) is 0 Å². The topological polar surface area (TPSA) is 66.1 Å². The number of benzene rings is 1. The van der Waals surface area contributed by atoms with Crippen LogP contribution in [0.5, 0.6) is 0 Å². The Bertz CT molecular complexity index is 867. The van der Waals surface area contributed by atoms with Crippen molar-refractivity contribution in [2.75, 3.05) is 20.7 Å². The average Bonchev–Trinajstić information content (AvgIpc) is 3.26. The Morgan fingerprint density at radius 3 is 2.67 bits per heavy atom. The molecule has 0 radical (unpaired) electrons. The number of hydrogen-bond donors (Lipinski definition) is 2. The van der Waals surface area contributed by atoms with Crippen molar-refractivity contribution in [3.8, 4) is 0 Å². The Morgan fingerprint density at radius 2 is 2.00 bits per heavy atom. The summed E-state index contributed by atoms with van der Waals surface area (Å²) in [6.45, 7) is 10.5. The van der Waals surface area contributed by atoms with Crippen molar-refractivity contribution < 1.29 is 4.74 Å². The molecule has 1 heterocycles. The van der Waals surface area contributed by atoms with Gasteiger partial charge in [0.1, 0.15) is 11.6 Å². The van der Waals surface area contributed by atoms with Crippen molar-refractivity contribution in [3.05, 3.63) is 90.5 Å². The van der Waals surface area contributed by atoms with Gasteiger partial charge >= 0.3 is 0 Å². The zero-order valence-corrected chi connectivity index (χ0v) is 18.3. The van der Waals surface area contributed by atoms with Crippen LogP contribution in [-0.4, -0.2) is 40.8 Å². The molecular formula is C24H33N5O. The second kappa shape index (κ2) is 12.3. The Labute approximate surface area is 180 Å². The molecule has 0 saturated heterocycles. The van der Waals surface area contributed by atoms with E-state index in [4.69, 9.17) is 4.74 Å². The minimum Gasteiger partial charge on any atom is -0.492 e. The Balaban J connectivity index is 0.000000216. The van der Waals surface area contributed by atoms with Crippen molar-refractivity contribution in [2.45, 2.75) is 32.6 Å². The normalized spacial score (nSPS) is 12.6. The molecule has 0 aliphatic heterocycles. The van der Waals surface area contributed by atoms with Gasteiger partial charge in [0.05, 0.1) is 18.0 Å². The number of rotatable bonds is 9. The van der Waals surface area contributed by atoms with Crippen molar-refractivity contribution in [2.24, 2.45) is 0 Å². The molecule has 0 unspecified atom stereocenters. The third-order valence-electron chi connectivity index (χ3n) is 4.52. The summed E-state index contributed by atoms with van der Waals surface area (Å²) in [5.74, 6) is 2.46. The molecule has 6 nitrogen and oxygen atoms in total. The van der Waals surface area contributed by atoms with E-state index in [1.807, 2.05) is 30.1 Å². The molecule has 160 valence electrons. The molecule has 0 saturated carbocycles. The van der Waals surface area contributed by atoms with Crippen LogP contribution < -0.4 is 5.32 Å². The summed E-state index contributed by atoms with van der Waals surface area (Å²) in [5, 5.41) is 9.91. The van der Waals surface area contributed by atoms with Gasteiger partial charge < -0.3 is 15.0 Å². The van der Waals surface area contributed by atoms with Gasteiger partial charge in [-0.2, -0.15) is 5.10 Å². The van der Waals surface area contributed by atoms with Crippen LogP contribution in [0.1, 0.15) is 43.4 Å². The summed E-state index contributed by atoms with van der Waals surface area (Å²) >= 11 is 0. The van der Waals surface area contributed by atoms with Gasteiger partial charge in [-0.25, -0.2) is 4.98 Å². The van der Waals surface area contributed by atoms with Gasteiger partial charge in [-0.05, 0) is 37.1 Å². The van der Waals surface area contributed by atoms with Gasteiger partial charge in [-0.1, -0.05) is 56.5 Å². The molecule has 0 fully saturated rings. The highest BCUT2D eigenvalue weighted by Crippen LogP contribution is 2.22. The molecule has 1 aromatic carbocycles. The summed E-state index contributed by atoms with van der Waals surface area (Å²) in [7, 11) is 3.79. The van der Waals surface area contributed by atoms with Crippen LogP contribution in [0.15, 0.2) is 73.3 Å². The van der Waals surface area contributed by atoms with Crippen LogP contribution in [0, 0.1) is 0 Å². The number of ether oxygens (including phenoxy) is 1. The van der Waals surface area contributed by atoms with E-state index >= 15 is 0 Å². The summed E-state index contributed by atoms with van der Waals surface area (Å²) in [6.07, 6.45) is 10.1. The highest BCUT2D eigenvalue weighted by Gasteiger charge is 2.12. The Kier molecular flexibility index (Phi) is 9.45. The second-order valence-corrected chi connectivity index (χ2v) is 6.87. The molecule has 30 heavy (non-hydrogen) atoms. The maximum absolute atomic E-state index is 5.67. The molecular weight excluding hydrogens is 374 g/mol. The van der Waals surface area contributed by atoms with Gasteiger partial charge in [0.2, 0.25) is 0 Å². The molecule has 0 spiro atoms. The molecule has 0 atom stereocenters. The average molecular weight is 408 g/mol. The lowest BCUT2D eigenvalue weighted by molar-refractivity contribution is 0.207. The first-order valence-corrected chi connectivity index (χ1v) is 10.3. The lowest BCUT2D eigenvalue weighted by atomic mass is 10.1. The monoisotopic (exact) mass is 407 g/mol. The molecule has 2 aromatic rings. The number of nitrogens with zero attached hydrogens (tertiary/aromatic N) is 3. The predicted octanol–water partition coefficient (Wildman–Crippen LogP) is 4.64. The molecule has 1 aliphatic carbocycles. The van der Waals surface area contributed by atoms with Gasteiger partial charge in [-0.3, -0.25) is 5.10 Å². The largest absolute Gasteiger partial charge is 0.492 e. The first-order valence-electron chi connectivity index (χ1n) is 10.3. The van der Waals surface area contributed by atoms with E-state index in [1.165, 1.54) is 5.56 Å². The first kappa shape index (κ1) is 23.0. The minimum atomic E-state index is 0.619. The van der Waals surface area contributed by atoms with Crippen molar-refractivity contribution in [1.82, 2.24) is 25.4 Å². The summed E-state index contributed by atoms with van der Waals surface area (Å²) < 4.78 is 5.67. The molecule has 3 rings (SSSR count). The lowest BCUT2D eigenvalue weighted by Crippen LogP contribution is -2.15. The fraction of sp³-hybridized carbons (Fsp3) is 0.333. The van der Waals surface area contributed by atoms with E-state index in [-0.39, 0.29) is 0 Å². The summed E-state index contributed by atoms with van der Waals surface area (Å²) in [4.78, 5) is 6.35. The number of aromatic amines is 1. The Morgan fingerprint density at radius 1 is 1.27 bits per heavy atom. The smallest absolute Gasteiger partial charge is 0.196 e. The molecule has 0 amide bonds. The van der Waals surface area contributed by atoms with Crippen molar-refractivity contribution in [3.63, 3.8) is 0 Å². The van der Waals surface area contributed by atoms with Crippen molar-refractivity contribution in [1.29, 1.82) is 0 Å². The Hall–Kier alpha value is -3.28. The number of allylic oxidation sites excluding steroid dienone is 2. The van der Waals surface area contributed by atoms with Crippen LogP contribution >= 0.6 is 0 Å². The quantitative estimate of drug-likeness (QED) is 0.634. The molecule has 0 bridgehead atoms. The van der Waals surface area contributed by atoms with Crippen LogP contribution in [-0.2, 0) is 11.2 Å². The van der Waals surface area contributed by atoms with Crippen LogP contribution in [0.2, 0.25) is 0 Å². The molecule has 6 heteroatoms. The predicted molar refractivity (Wildman–Crippen MR) is 123 cm³/mol. The molecule has 1 aliphatic rings. The highest BCUT2D eigenvalue weighted by atomic mass is 16.5. The maximum atomic E-state index is 5.67. The van der Waals surface area contributed by atoms with Crippen molar-refractivity contribution >= 4 is 5.70 Å². The number of likely N-dealkylation sites (N-methyl/N-ethyl adjacent to an activating group) is 1. The fourth-order valence-corrected chi connectivity index (χ4v) is 2.81. The zero-order chi connectivity index (χ0) is 21.8. The van der Waals surface area contributed by atoms with Gasteiger partial charge in [-0.15, -0.1) is 0 Å². The van der Waals surface area contributed by atoms with Crippen LogP contribution in [0.4, 0.5) is 0 Å². The molecule has 1 aromatic heterocycles. The first-order chi connectivity index (χ1) is 14.6. The SMILES string of the molecule is C=C(NC)c1n[nH]c(Cc2ccccc2)n1.C=CN(C)C1=CCCC=C1OCCC. The summed E-state index contributed by atoms with van der Waals surface area (Å²) in [5.41, 5.74) is 3.07. The van der Waals surface area contributed by atoms with Crippen LogP contribution in [0.25, 0.3) is 5.70 Å². The number of H-pyrrole nitrogens is 1. The van der Waals surface area contributed by atoms with E-state index in [9.17, 15) is 0 Å². The summed E-state index contributed by atoms with van der Waals surface area (Å²) in [6, 6.07) is 10.2.